The van der Waals surface area contributed by atoms with E-state index in [0.29, 0.717) is 22.7 Å². The number of furan rings is 1. The Balaban J connectivity index is 1.83. The molecule has 0 spiro atoms. The molecule has 0 fully saturated rings. The van der Waals surface area contributed by atoms with E-state index >= 15 is 0 Å². The number of phenols is 1. The van der Waals surface area contributed by atoms with E-state index in [1.54, 1.807) is 12.5 Å². The molecule has 0 aliphatic rings. The summed E-state index contributed by atoms with van der Waals surface area (Å²) in [5.74, 6) is 1.54. The van der Waals surface area contributed by atoms with Crippen molar-refractivity contribution < 1.29 is 9.52 Å². The molecule has 4 aromatic rings. The molecule has 0 aliphatic heterocycles. The monoisotopic (exact) mass is 331 g/mol. The van der Waals surface area contributed by atoms with E-state index in [-0.39, 0.29) is 11.8 Å². The van der Waals surface area contributed by atoms with E-state index in [9.17, 15) is 5.11 Å². The molecule has 5 nitrogen and oxygen atoms in total. The van der Waals surface area contributed by atoms with Gasteiger partial charge in [-0.2, -0.15) is 0 Å². The zero-order valence-electron chi connectivity index (χ0n) is 13.7. The predicted octanol–water partition coefficient (Wildman–Crippen LogP) is 4.44. The fourth-order valence-electron chi connectivity index (χ4n) is 2.91. The summed E-state index contributed by atoms with van der Waals surface area (Å²) in [7, 11) is 0. The van der Waals surface area contributed by atoms with E-state index in [1.165, 1.54) is 0 Å². The number of pyridine rings is 2. The molecule has 0 saturated heterocycles. The third kappa shape index (κ3) is 2.92. The Morgan fingerprint density at radius 2 is 1.96 bits per heavy atom. The number of nitrogens with zero attached hydrogens (tertiary/aromatic N) is 2. The molecule has 25 heavy (non-hydrogen) atoms. The summed E-state index contributed by atoms with van der Waals surface area (Å²) in [6.45, 7) is 1.94. The van der Waals surface area contributed by atoms with Crippen LogP contribution in [-0.2, 0) is 0 Å². The van der Waals surface area contributed by atoms with Crippen molar-refractivity contribution in [1.29, 1.82) is 0 Å². The Bertz CT molecular complexity index is 1010. The van der Waals surface area contributed by atoms with Gasteiger partial charge in [0.25, 0.3) is 0 Å². The molecule has 1 atom stereocenters. The Hall–Kier alpha value is -3.34. The lowest BCUT2D eigenvalue weighted by molar-refractivity contribution is 0.458. The van der Waals surface area contributed by atoms with E-state index in [1.807, 2.05) is 61.5 Å². The molecule has 1 unspecified atom stereocenters. The van der Waals surface area contributed by atoms with Gasteiger partial charge in [-0.15, -0.1) is 0 Å². The number of aryl methyl sites for hydroxylation is 1. The summed E-state index contributed by atoms with van der Waals surface area (Å²) in [5.41, 5.74) is 2.16. The van der Waals surface area contributed by atoms with Crippen LogP contribution in [0.3, 0.4) is 0 Å². The van der Waals surface area contributed by atoms with Crippen LogP contribution >= 0.6 is 0 Å². The molecule has 3 aromatic heterocycles. The molecule has 0 saturated carbocycles. The lowest BCUT2D eigenvalue weighted by Crippen LogP contribution is -2.13. The zero-order chi connectivity index (χ0) is 17.2. The molecule has 0 bridgehead atoms. The van der Waals surface area contributed by atoms with Crippen molar-refractivity contribution >= 4 is 16.7 Å². The minimum atomic E-state index is -0.379. The summed E-state index contributed by atoms with van der Waals surface area (Å²) in [4.78, 5) is 8.79. The van der Waals surface area contributed by atoms with Crippen LogP contribution < -0.4 is 5.32 Å². The molecule has 0 amide bonds. The summed E-state index contributed by atoms with van der Waals surface area (Å²) in [6, 6.07) is 16.7. The lowest BCUT2D eigenvalue weighted by Gasteiger charge is -2.19. The van der Waals surface area contributed by atoms with Gasteiger partial charge < -0.3 is 14.8 Å². The van der Waals surface area contributed by atoms with Crippen LogP contribution in [0.15, 0.2) is 71.5 Å². The first kappa shape index (κ1) is 15.2. The number of rotatable bonds is 4. The molecule has 4 rings (SSSR count). The van der Waals surface area contributed by atoms with Gasteiger partial charge in [0.15, 0.2) is 0 Å². The maximum absolute atomic E-state index is 10.8. The van der Waals surface area contributed by atoms with Crippen LogP contribution in [0.25, 0.3) is 10.9 Å². The highest BCUT2D eigenvalue weighted by Gasteiger charge is 2.22. The predicted molar refractivity (Wildman–Crippen MR) is 96.6 cm³/mol. The summed E-state index contributed by atoms with van der Waals surface area (Å²) in [6.07, 6.45) is 3.29. The molecular formula is C20H17N3O2. The molecule has 5 heteroatoms. The Kier molecular flexibility index (Phi) is 3.82. The second kappa shape index (κ2) is 6.28. The van der Waals surface area contributed by atoms with E-state index in [4.69, 9.17) is 4.42 Å². The average molecular weight is 331 g/mol. The molecular weight excluding hydrogens is 314 g/mol. The number of aromatic nitrogens is 2. The third-order valence-corrected chi connectivity index (χ3v) is 4.10. The SMILES string of the molecule is Cc1cccc(NC(c2ccco2)c2ccc3cccnc3c2O)n1. The van der Waals surface area contributed by atoms with Crippen LogP contribution in [0.4, 0.5) is 5.82 Å². The first-order chi connectivity index (χ1) is 12.2. The number of fused-ring (bicyclic) bond motifs is 1. The quantitative estimate of drug-likeness (QED) is 0.578. The lowest BCUT2D eigenvalue weighted by atomic mass is 10.0. The van der Waals surface area contributed by atoms with Gasteiger partial charge >= 0.3 is 0 Å². The van der Waals surface area contributed by atoms with Gasteiger partial charge in [0.1, 0.15) is 28.9 Å². The smallest absolute Gasteiger partial charge is 0.147 e. The third-order valence-electron chi connectivity index (χ3n) is 4.10. The highest BCUT2D eigenvalue weighted by molar-refractivity contribution is 5.85. The van der Waals surface area contributed by atoms with Crippen molar-refractivity contribution in [3.63, 3.8) is 0 Å². The highest BCUT2D eigenvalue weighted by Crippen LogP contribution is 2.36. The minimum absolute atomic E-state index is 0.139. The Labute approximate surface area is 145 Å². The maximum atomic E-state index is 10.8. The summed E-state index contributed by atoms with van der Waals surface area (Å²) in [5, 5.41) is 15.0. The zero-order valence-corrected chi connectivity index (χ0v) is 13.7. The van der Waals surface area contributed by atoms with Crippen molar-refractivity contribution in [2.45, 2.75) is 13.0 Å². The van der Waals surface area contributed by atoms with Crippen LogP contribution in [-0.4, -0.2) is 15.1 Å². The molecule has 3 heterocycles. The number of benzene rings is 1. The van der Waals surface area contributed by atoms with Crippen LogP contribution in [0.1, 0.15) is 23.1 Å². The van der Waals surface area contributed by atoms with Gasteiger partial charge in [-0.3, -0.25) is 4.98 Å². The van der Waals surface area contributed by atoms with Gasteiger partial charge in [0, 0.05) is 22.8 Å². The normalized spacial score (nSPS) is 12.2. The Morgan fingerprint density at radius 3 is 2.76 bits per heavy atom. The number of phenolic OH excluding ortho intramolecular Hbond substituents is 1. The fourth-order valence-corrected chi connectivity index (χ4v) is 2.91. The number of anilines is 1. The number of aromatic hydroxyl groups is 1. The largest absolute Gasteiger partial charge is 0.505 e. The van der Waals surface area contributed by atoms with Crippen LogP contribution in [0.2, 0.25) is 0 Å². The van der Waals surface area contributed by atoms with E-state index < -0.39 is 0 Å². The standard InChI is InChI=1S/C20H17N3O2/c1-13-5-2-8-17(22-13)23-19(16-7-4-12-25-16)15-10-9-14-6-3-11-21-18(14)20(15)24/h2-12,19,24H,1H3,(H,22,23). The number of hydrogen-bond acceptors (Lipinski definition) is 5. The summed E-state index contributed by atoms with van der Waals surface area (Å²) >= 11 is 0. The first-order valence-electron chi connectivity index (χ1n) is 8.02. The highest BCUT2D eigenvalue weighted by atomic mass is 16.3. The van der Waals surface area contributed by atoms with Gasteiger partial charge in [-0.25, -0.2) is 4.98 Å². The van der Waals surface area contributed by atoms with Crippen molar-refractivity contribution in [1.82, 2.24) is 9.97 Å². The van der Waals surface area contributed by atoms with Crippen molar-refractivity contribution in [2.24, 2.45) is 0 Å². The maximum Gasteiger partial charge on any atom is 0.147 e. The number of nitrogens with one attached hydrogen (secondary N) is 1. The minimum Gasteiger partial charge on any atom is -0.505 e. The van der Waals surface area contributed by atoms with Gasteiger partial charge in [0.05, 0.1) is 6.26 Å². The molecule has 0 radical (unpaired) electrons. The van der Waals surface area contributed by atoms with Crippen LogP contribution in [0.5, 0.6) is 5.75 Å². The van der Waals surface area contributed by atoms with Gasteiger partial charge in [-0.1, -0.05) is 24.3 Å². The second-order valence-electron chi connectivity index (χ2n) is 5.84. The molecule has 1 aromatic carbocycles. The molecule has 2 N–H and O–H groups in total. The molecule has 0 aliphatic carbocycles. The van der Waals surface area contributed by atoms with Gasteiger partial charge in [0.2, 0.25) is 0 Å². The summed E-state index contributed by atoms with van der Waals surface area (Å²) < 4.78 is 5.60. The van der Waals surface area contributed by atoms with E-state index in [2.05, 4.69) is 15.3 Å². The fraction of sp³-hybridized carbons (Fsp3) is 0.100. The topological polar surface area (TPSA) is 71.2 Å². The van der Waals surface area contributed by atoms with Crippen molar-refractivity contribution in [3.8, 4) is 5.75 Å². The average Bonchev–Trinajstić information content (AvgIpc) is 3.15. The van der Waals surface area contributed by atoms with E-state index in [0.717, 1.165) is 11.1 Å². The first-order valence-corrected chi connectivity index (χ1v) is 8.02. The number of hydrogen-bond donors (Lipinski definition) is 2. The molecule has 124 valence electrons. The van der Waals surface area contributed by atoms with Crippen LogP contribution in [0, 0.1) is 6.92 Å². The second-order valence-corrected chi connectivity index (χ2v) is 5.84. The Morgan fingerprint density at radius 1 is 1.04 bits per heavy atom. The van der Waals surface area contributed by atoms with Crippen molar-refractivity contribution in [3.05, 3.63) is 84.1 Å². The van der Waals surface area contributed by atoms with Crippen molar-refractivity contribution in [2.75, 3.05) is 5.32 Å². The van der Waals surface area contributed by atoms with Gasteiger partial charge in [-0.05, 0) is 37.3 Å².